The molecule has 0 aliphatic heterocycles. The molecule has 5 nitrogen and oxygen atoms in total. The minimum atomic E-state index is -0.388. The van der Waals surface area contributed by atoms with E-state index >= 15 is 0 Å². The predicted molar refractivity (Wildman–Crippen MR) is 92.6 cm³/mol. The molecule has 0 atom stereocenters. The van der Waals surface area contributed by atoms with E-state index in [2.05, 4.69) is 15.5 Å². The molecule has 0 bridgehead atoms. The zero-order valence-corrected chi connectivity index (χ0v) is 14.0. The number of benzene rings is 2. The van der Waals surface area contributed by atoms with Crippen molar-refractivity contribution in [3.05, 3.63) is 65.3 Å². The molecular weight excluding hydrogens is 321 g/mol. The predicted octanol–water partition coefficient (Wildman–Crippen LogP) is 4.06. The maximum absolute atomic E-state index is 13.3. The lowest BCUT2D eigenvalue weighted by Crippen LogP contribution is -2.13. The van der Waals surface area contributed by atoms with E-state index in [-0.39, 0.29) is 18.1 Å². The van der Waals surface area contributed by atoms with Gasteiger partial charge in [-0.3, -0.25) is 4.79 Å². The molecule has 0 aliphatic rings. The van der Waals surface area contributed by atoms with Crippen LogP contribution in [0.5, 0.6) is 0 Å². The first kappa shape index (κ1) is 16.8. The van der Waals surface area contributed by atoms with Gasteiger partial charge < -0.3 is 9.73 Å². The van der Waals surface area contributed by atoms with Gasteiger partial charge in [0.25, 0.3) is 0 Å². The molecule has 0 spiro atoms. The zero-order valence-electron chi connectivity index (χ0n) is 14.0. The van der Waals surface area contributed by atoms with E-state index in [1.165, 1.54) is 12.1 Å². The summed E-state index contributed by atoms with van der Waals surface area (Å²) in [5.74, 6) is 0.197. The first-order valence-electron chi connectivity index (χ1n) is 7.97. The number of hydrogen-bond donors (Lipinski definition) is 1. The van der Waals surface area contributed by atoms with E-state index in [0.717, 1.165) is 16.7 Å². The molecule has 6 heteroatoms. The molecule has 2 aromatic carbocycles. The normalized spacial score (nSPS) is 10.7. The lowest BCUT2D eigenvalue weighted by Gasteiger charge is -2.07. The summed E-state index contributed by atoms with van der Waals surface area (Å²) in [5, 5.41) is 10.7. The second kappa shape index (κ2) is 7.25. The van der Waals surface area contributed by atoms with E-state index in [4.69, 9.17) is 4.42 Å². The van der Waals surface area contributed by atoms with Crippen LogP contribution in [0.3, 0.4) is 0 Å². The molecular formula is C19H18FN3O2. The van der Waals surface area contributed by atoms with Crippen LogP contribution in [0, 0.1) is 19.7 Å². The zero-order chi connectivity index (χ0) is 17.8. The number of nitrogens with zero attached hydrogens (tertiary/aromatic N) is 2. The highest BCUT2D eigenvalue weighted by atomic mass is 19.1. The highest BCUT2D eigenvalue weighted by molar-refractivity contribution is 5.91. The van der Waals surface area contributed by atoms with Crippen LogP contribution < -0.4 is 5.32 Å². The van der Waals surface area contributed by atoms with Gasteiger partial charge in [0.2, 0.25) is 17.7 Å². The van der Waals surface area contributed by atoms with E-state index < -0.39 is 0 Å². The fourth-order valence-electron chi connectivity index (χ4n) is 2.33. The van der Waals surface area contributed by atoms with Gasteiger partial charge in [-0.1, -0.05) is 23.8 Å². The van der Waals surface area contributed by atoms with Crippen LogP contribution >= 0.6 is 0 Å². The van der Waals surface area contributed by atoms with Crippen molar-refractivity contribution >= 4 is 11.6 Å². The number of rotatable bonds is 5. The first-order valence-corrected chi connectivity index (χ1v) is 7.97. The van der Waals surface area contributed by atoms with Gasteiger partial charge in [-0.05, 0) is 43.7 Å². The summed E-state index contributed by atoms with van der Waals surface area (Å²) in [5.41, 5.74) is 3.25. The first-order chi connectivity index (χ1) is 12.0. The number of nitrogens with one attached hydrogen (secondary N) is 1. The van der Waals surface area contributed by atoms with Crippen molar-refractivity contribution in [2.45, 2.75) is 26.7 Å². The monoisotopic (exact) mass is 339 g/mol. The van der Waals surface area contributed by atoms with Crippen LogP contribution in [0.15, 0.2) is 46.9 Å². The fraction of sp³-hybridized carbons (Fsp3) is 0.211. The standard InChI is InChI=1S/C19H18FN3O2/c1-12-3-6-14(7-4-12)19-23-22-18(25-19)10-9-17(24)21-16-11-15(20)8-5-13(16)2/h3-8,11H,9-10H2,1-2H3,(H,21,24). The quantitative estimate of drug-likeness (QED) is 0.761. The molecule has 1 N–H and O–H groups in total. The Kier molecular flexibility index (Phi) is 4.88. The molecule has 1 amide bonds. The third-order valence-electron chi connectivity index (χ3n) is 3.80. The number of hydrogen-bond acceptors (Lipinski definition) is 4. The van der Waals surface area contributed by atoms with Crippen molar-refractivity contribution in [1.29, 1.82) is 0 Å². The average molecular weight is 339 g/mol. The van der Waals surface area contributed by atoms with Crippen molar-refractivity contribution in [1.82, 2.24) is 10.2 Å². The topological polar surface area (TPSA) is 68.0 Å². The summed E-state index contributed by atoms with van der Waals surface area (Å²) >= 11 is 0. The summed E-state index contributed by atoms with van der Waals surface area (Å²) in [7, 11) is 0. The molecule has 0 aliphatic carbocycles. The third-order valence-corrected chi connectivity index (χ3v) is 3.80. The SMILES string of the molecule is Cc1ccc(-c2nnc(CCC(=O)Nc3cc(F)ccc3C)o2)cc1. The summed E-state index contributed by atoms with van der Waals surface area (Å²) < 4.78 is 18.8. The Hall–Kier alpha value is -3.02. The summed E-state index contributed by atoms with van der Waals surface area (Å²) in [6, 6.07) is 12.0. The van der Waals surface area contributed by atoms with Gasteiger partial charge in [0.1, 0.15) is 5.82 Å². The fourth-order valence-corrected chi connectivity index (χ4v) is 2.33. The van der Waals surface area contributed by atoms with Crippen LogP contribution in [0.1, 0.15) is 23.4 Å². The third kappa shape index (κ3) is 4.29. The molecule has 0 saturated carbocycles. The van der Waals surface area contributed by atoms with Crippen LogP contribution in [0.4, 0.5) is 10.1 Å². The highest BCUT2D eigenvalue weighted by Gasteiger charge is 2.11. The minimum absolute atomic E-state index is 0.172. The number of aromatic nitrogens is 2. The second-order valence-corrected chi connectivity index (χ2v) is 5.87. The molecule has 3 rings (SSSR count). The van der Waals surface area contributed by atoms with Gasteiger partial charge in [0.15, 0.2) is 0 Å². The summed E-state index contributed by atoms with van der Waals surface area (Å²) in [6.45, 7) is 3.81. The lowest BCUT2D eigenvalue weighted by molar-refractivity contribution is -0.116. The Morgan fingerprint density at radius 3 is 2.64 bits per heavy atom. The van der Waals surface area contributed by atoms with Gasteiger partial charge in [0.05, 0.1) is 0 Å². The maximum Gasteiger partial charge on any atom is 0.247 e. The summed E-state index contributed by atoms with van der Waals surface area (Å²) in [4.78, 5) is 12.0. The Morgan fingerprint density at radius 2 is 1.88 bits per heavy atom. The number of halogens is 1. The number of amides is 1. The van der Waals surface area contributed by atoms with Gasteiger partial charge in [-0.25, -0.2) is 4.39 Å². The molecule has 0 unspecified atom stereocenters. The minimum Gasteiger partial charge on any atom is -0.421 e. The van der Waals surface area contributed by atoms with Crippen LogP contribution in [0.2, 0.25) is 0 Å². The smallest absolute Gasteiger partial charge is 0.247 e. The second-order valence-electron chi connectivity index (χ2n) is 5.87. The van der Waals surface area contributed by atoms with E-state index in [1.54, 1.807) is 13.0 Å². The van der Waals surface area contributed by atoms with Crippen molar-refractivity contribution in [2.75, 3.05) is 5.32 Å². The van der Waals surface area contributed by atoms with E-state index in [1.807, 2.05) is 31.2 Å². The number of aryl methyl sites for hydroxylation is 3. The Balaban J connectivity index is 1.59. The van der Waals surface area contributed by atoms with Crippen molar-refractivity contribution in [3.63, 3.8) is 0 Å². The molecule has 25 heavy (non-hydrogen) atoms. The Morgan fingerprint density at radius 1 is 1.12 bits per heavy atom. The van der Waals surface area contributed by atoms with Gasteiger partial charge in [0, 0.05) is 24.1 Å². The molecule has 0 saturated heterocycles. The number of anilines is 1. The number of carbonyl (C=O) groups is 1. The molecule has 1 aromatic heterocycles. The van der Waals surface area contributed by atoms with Crippen molar-refractivity contribution < 1.29 is 13.6 Å². The molecule has 0 radical (unpaired) electrons. The van der Waals surface area contributed by atoms with Crippen LogP contribution in [-0.4, -0.2) is 16.1 Å². The van der Waals surface area contributed by atoms with Crippen molar-refractivity contribution in [2.24, 2.45) is 0 Å². The van der Waals surface area contributed by atoms with Crippen molar-refractivity contribution in [3.8, 4) is 11.5 Å². The number of carbonyl (C=O) groups excluding carboxylic acids is 1. The van der Waals surface area contributed by atoms with Gasteiger partial charge in [-0.15, -0.1) is 10.2 Å². The van der Waals surface area contributed by atoms with Gasteiger partial charge in [-0.2, -0.15) is 0 Å². The average Bonchev–Trinajstić information content (AvgIpc) is 3.06. The highest BCUT2D eigenvalue weighted by Crippen LogP contribution is 2.19. The summed E-state index contributed by atoms with van der Waals surface area (Å²) in [6.07, 6.45) is 0.491. The molecule has 3 aromatic rings. The largest absolute Gasteiger partial charge is 0.421 e. The van der Waals surface area contributed by atoms with E-state index in [9.17, 15) is 9.18 Å². The van der Waals surface area contributed by atoms with Crippen LogP contribution in [0.25, 0.3) is 11.5 Å². The van der Waals surface area contributed by atoms with E-state index in [0.29, 0.717) is 23.9 Å². The Bertz CT molecular complexity index is 888. The van der Waals surface area contributed by atoms with Crippen LogP contribution in [-0.2, 0) is 11.2 Å². The maximum atomic E-state index is 13.3. The molecule has 0 fully saturated rings. The molecule has 1 heterocycles. The lowest BCUT2D eigenvalue weighted by atomic mass is 10.1. The molecule has 128 valence electrons. The Labute approximate surface area is 144 Å². The van der Waals surface area contributed by atoms with Gasteiger partial charge >= 0.3 is 0 Å².